The Morgan fingerprint density at radius 2 is 1.14 bits per heavy atom. The second-order valence-electron chi connectivity index (χ2n) is 6.32. The van der Waals surface area contributed by atoms with Gasteiger partial charge in [0, 0.05) is 34.7 Å². The molecule has 0 aliphatic heterocycles. The topological polar surface area (TPSA) is 99.4 Å². The average Bonchev–Trinajstić information content (AvgIpc) is 2.60. The second-order valence-corrected chi connectivity index (χ2v) is 7.95. The summed E-state index contributed by atoms with van der Waals surface area (Å²) in [5, 5.41) is 3.55. The zero-order valence-electron chi connectivity index (χ0n) is 15.9. The molecule has 0 saturated heterocycles. The quantitative estimate of drug-likeness (QED) is 0.529. The molecular weight excluding hydrogens is 439 g/mol. The predicted molar refractivity (Wildman–Crippen MR) is 102 cm³/mol. The maximum atomic E-state index is 8.49. The number of hydrogen-bond donors (Lipinski definition) is 0. The molecule has 3 aromatic rings. The normalized spacial score (nSPS) is 10.9. The Morgan fingerprint density at radius 3 is 1.55 bits per heavy atom. The first-order chi connectivity index (χ1) is 13.5. The summed E-state index contributed by atoms with van der Waals surface area (Å²) < 4.78 is 36.2. The van der Waals surface area contributed by atoms with Gasteiger partial charge >= 0.3 is 0 Å². The molecule has 1 aromatic heterocycles. The predicted octanol–water partition coefficient (Wildman–Crippen LogP) is 0.365. The molecule has 0 radical (unpaired) electrons. The van der Waals surface area contributed by atoms with Crippen LogP contribution < -0.4 is 28.3 Å². The average molecular weight is 458 g/mol. The number of aryl methyl sites for hydroxylation is 1. The third-order valence-electron chi connectivity index (χ3n) is 3.94. The molecule has 0 unspecified atom stereocenters. The molecule has 2 aromatic carbocycles. The Bertz CT molecular complexity index is 951. The molecule has 6 nitrogen and oxygen atoms in total. The van der Waals surface area contributed by atoms with E-state index < -0.39 is 10.2 Å². The minimum absolute atomic E-state index is 0.737. The molecule has 0 N–H and O–H groups in total. The summed E-state index contributed by atoms with van der Waals surface area (Å²) in [5.74, 6) is 0. The minimum Gasteiger partial charge on any atom is -0.222 e. The van der Waals surface area contributed by atoms with Gasteiger partial charge in [0.15, 0.2) is 0 Å². The van der Waals surface area contributed by atoms with E-state index in [9.17, 15) is 0 Å². The van der Waals surface area contributed by atoms with E-state index in [4.69, 9.17) is 41.8 Å². The van der Waals surface area contributed by atoms with E-state index in [0.717, 1.165) is 38.1 Å². The molecule has 9 heteroatoms. The number of nitrogens with zero attached hydrogens (tertiary/aromatic N) is 2. The van der Waals surface area contributed by atoms with Gasteiger partial charge in [-0.25, -0.2) is 18.6 Å². The third-order valence-corrected chi connectivity index (χ3v) is 4.44. The third kappa shape index (κ3) is 7.13. The summed E-state index contributed by atoms with van der Waals surface area (Å²) >= 11 is 12.1. The standard InChI is InChI=1S/C20H19Cl2N2.ClHO4/c1-14-12-17(15-4-8-18(21)9-5-15)13-20(24(14)23(2)3)16-6-10-19(22)11-7-16;2-1(3,4)5/h4-13H,1-3H3;(H,2,3,4,5)/q+1;/p-1. The second kappa shape index (κ2) is 9.73. The van der Waals surface area contributed by atoms with Gasteiger partial charge in [-0.2, -0.15) is 5.01 Å². The van der Waals surface area contributed by atoms with Crippen molar-refractivity contribution >= 4 is 23.2 Å². The molecule has 29 heavy (non-hydrogen) atoms. The van der Waals surface area contributed by atoms with Crippen molar-refractivity contribution < 1.29 is 33.6 Å². The van der Waals surface area contributed by atoms with Crippen LogP contribution in [-0.4, -0.2) is 14.1 Å². The first-order valence-electron chi connectivity index (χ1n) is 8.33. The summed E-state index contributed by atoms with van der Waals surface area (Å²) in [6.45, 7) is 2.11. The van der Waals surface area contributed by atoms with E-state index in [1.165, 1.54) is 0 Å². The highest BCUT2D eigenvalue weighted by molar-refractivity contribution is 6.30. The lowest BCUT2D eigenvalue weighted by Gasteiger charge is -2.17. The monoisotopic (exact) mass is 456 g/mol. The molecule has 0 fully saturated rings. The lowest BCUT2D eigenvalue weighted by atomic mass is 10.0. The van der Waals surface area contributed by atoms with Gasteiger partial charge in [-0.05, 0) is 47.5 Å². The number of benzene rings is 2. The Morgan fingerprint density at radius 1 is 0.724 bits per heavy atom. The lowest BCUT2D eigenvalue weighted by molar-refractivity contribution is -2.00. The summed E-state index contributed by atoms with van der Waals surface area (Å²) in [6.07, 6.45) is 0. The van der Waals surface area contributed by atoms with Gasteiger partial charge in [-0.3, -0.25) is 0 Å². The molecule has 1 heterocycles. The fraction of sp³-hybridized carbons (Fsp3) is 0.150. The van der Waals surface area contributed by atoms with Crippen LogP contribution in [0, 0.1) is 17.2 Å². The van der Waals surface area contributed by atoms with Crippen molar-refractivity contribution in [1.29, 1.82) is 0 Å². The Labute approximate surface area is 181 Å². The van der Waals surface area contributed by atoms with E-state index in [1.54, 1.807) is 0 Å². The molecule has 0 saturated carbocycles. The smallest absolute Gasteiger partial charge is 0.222 e. The molecule has 3 rings (SSSR count). The first kappa shape index (κ1) is 23.4. The van der Waals surface area contributed by atoms with E-state index >= 15 is 0 Å². The molecular formula is C20H19Cl3N2O4. The Balaban J connectivity index is 0.000000537. The van der Waals surface area contributed by atoms with Crippen LogP contribution in [0.5, 0.6) is 0 Å². The van der Waals surface area contributed by atoms with Crippen LogP contribution in [0.2, 0.25) is 10.0 Å². The number of halogens is 3. The van der Waals surface area contributed by atoms with Gasteiger partial charge in [0.2, 0.25) is 11.4 Å². The Kier molecular flexibility index (Phi) is 7.85. The summed E-state index contributed by atoms with van der Waals surface area (Å²) in [6, 6.07) is 20.2. The highest BCUT2D eigenvalue weighted by Crippen LogP contribution is 2.27. The number of pyridine rings is 1. The van der Waals surface area contributed by atoms with Crippen LogP contribution in [0.1, 0.15) is 5.69 Å². The van der Waals surface area contributed by atoms with Crippen molar-refractivity contribution in [1.82, 2.24) is 0 Å². The Hall–Kier alpha value is -1.90. The molecule has 0 atom stereocenters. The van der Waals surface area contributed by atoms with Gasteiger partial charge < -0.3 is 0 Å². The van der Waals surface area contributed by atoms with E-state index in [0.29, 0.717) is 0 Å². The number of hydrogen-bond acceptors (Lipinski definition) is 5. The van der Waals surface area contributed by atoms with E-state index in [2.05, 4.69) is 28.7 Å². The largest absolute Gasteiger partial charge is 0.243 e. The van der Waals surface area contributed by atoms with Crippen LogP contribution in [0.4, 0.5) is 0 Å². The van der Waals surface area contributed by atoms with Gasteiger partial charge in [-0.1, -0.05) is 40.0 Å². The fourth-order valence-electron chi connectivity index (χ4n) is 2.89. The molecule has 0 spiro atoms. The van der Waals surface area contributed by atoms with Crippen molar-refractivity contribution in [3.05, 3.63) is 76.4 Å². The van der Waals surface area contributed by atoms with E-state index in [1.807, 2.05) is 62.6 Å². The van der Waals surface area contributed by atoms with Crippen molar-refractivity contribution in [2.24, 2.45) is 0 Å². The number of rotatable bonds is 3. The van der Waals surface area contributed by atoms with Gasteiger partial charge in [-0.15, -0.1) is 10.2 Å². The summed E-state index contributed by atoms with van der Waals surface area (Å²) in [7, 11) is -0.872. The summed E-state index contributed by atoms with van der Waals surface area (Å²) in [5.41, 5.74) is 5.68. The zero-order valence-corrected chi connectivity index (χ0v) is 18.2. The van der Waals surface area contributed by atoms with Crippen LogP contribution >= 0.6 is 23.2 Å². The molecule has 0 aliphatic rings. The fourth-order valence-corrected chi connectivity index (χ4v) is 3.14. The van der Waals surface area contributed by atoms with Crippen molar-refractivity contribution in [3.8, 4) is 22.4 Å². The first-order valence-corrected chi connectivity index (χ1v) is 10.3. The summed E-state index contributed by atoms with van der Waals surface area (Å²) in [4.78, 5) is 0. The van der Waals surface area contributed by atoms with Crippen LogP contribution in [0.15, 0.2) is 60.7 Å². The van der Waals surface area contributed by atoms with Crippen molar-refractivity contribution in [2.45, 2.75) is 6.92 Å². The maximum absolute atomic E-state index is 8.49. The highest BCUT2D eigenvalue weighted by atomic mass is 35.7. The van der Waals surface area contributed by atoms with Crippen molar-refractivity contribution in [2.75, 3.05) is 19.1 Å². The highest BCUT2D eigenvalue weighted by Gasteiger charge is 2.21. The molecule has 0 aliphatic carbocycles. The van der Waals surface area contributed by atoms with Crippen LogP contribution in [0.25, 0.3) is 22.4 Å². The lowest BCUT2D eigenvalue weighted by Crippen LogP contribution is -2.68. The molecule has 0 amide bonds. The van der Waals surface area contributed by atoms with Crippen molar-refractivity contribution in [3.63, 3.8) is 0 Å². The minimum atomic E-state index is -4.94. The molecule has 0 bridgehead atoms. The van der Waals surface area contributed by atoms with Crippen LogP contribution in [0.3, 0.4) is 0 Å². The number of aromatic nitrogens is 1. The van der Waals surface area contributed by atoms with Gasteiger partial charge in [0.25, 0.3) is 0 Å². The van der Waals surface area contributed by atoms with Crippen LogP contribution in [-0.2, 0) is 0 Å². The van der Waals surface area contributed by atoms with Gasteiger partial charge in [0.1, 0.15) is 0 Å². The van der Waals surface area contributed by atoms with E-state index in [-0.39, 0.29) is 0 Å². The SMILES string of the molecule is Cc1cc(-c2ccc(Cl)cc2)cc(-c2ccc(Cl)cc2)[n+]1N(C)C.[O-][Cl+3]([O-])([O-])[O-]. The van der Waals surface area contributed by atoms with Gasteiger partial charge in [0.05, 0.1) is 14.1 Å². The molecule has 154 valence electrons. The zero-order chi connectivity index (χ0) is 21.8. The maximum Gasteiger partial charge on any atom is 0.243 e.